The molecule has 0 aliphatic carbocycles. The average molecular weight is 452 g/mol. The molecule has 2 aliphatic rings. The highest BCUT2D eigenvalue weighted by Gasteiger charge is 2.41. The maximum absolute atomic E-state index is 13.0. The van der Waals surface area contributed by atoms with Crippen molar-refractivity contribution in [2.24, 2.45) is 4.99 Å². The van der Waals surface area contributed by atoms with Gasteiger partial charge in [0.2, 0.25) is 5.91 Å². The van der Waals surface area contributed by atoms with Gasteiger partial charge in [-0.3, -0.25) is 4.79 Å². The minimum atomic E-state index is -0.407. The Balaban J connectivity index is 1.65. The molecule has 3 heterocycles. The van der Waals surface area contributed by atoms with E-state index in [0.29, 0.717) is 24.2 Å². The van der Waals surface area contributed by atoms with E-state index in [1.807, 2.05) is 53.6 Å². The normalized spacial score (nSPS) is 17.6. The summed E-state index contributed by atoms with van der Waals surface area (Å²) in [6.07, 6.45) is 2.38. The Morgan fingerprint density at radius 3 is 2.66 bits per heavy atom. The van der Waals surface area contributed by atoms with E-state index >= 15 is 0 Å². The van der Waals surface area contributed by atoms with Crippen molar-refractivity contribution >= 4 is 28.8 Å². The quantitative estimate of drug-likeness (QED) is 0.579. The predicted molar refractivity (Wildman–Crippen MR) is 123 cm³/mol. The van der Waals surface area contributed by atoms with Crippen molar-refractivity contribution in [1.82, 2.24) is 9.80 Å². The van der Waals surface area contributed by atoms with Crippen LogP contribution >= 0.6 is 11.8 Å². The summed E-state index contributed by atoms with van der Waals surface area (Å²) in [7, 11) is 3.13. The van der Waals surface area contributed by atoms with Gasteiger partial charge in [-0.05, 0) is 29.5 Å². The van der Waals surface area contributed by atoms with Crippen molar-refractivity contribution in [2.75, 3.05) is 14.2 Å². The molecule has 4 rings (SSSR count). The van der Waals surface area contributed by atoms with Crippen LogP contribution in [0.1, 0.15) is 37.1 Å². The van der Waals surface area contributed by atoms with E-state index in [2.05, 4.69) is 0 Å². The van der Waals surface area contributed by atoms with Crippen molar-refractivity contribution in [3.63, 3.8) is 0 Å². The first-order valence-electron chi connectivity index (χ1n) is 10.4. The highest BCUT2D eigenvalue weighted by Crippen LogP contribution is 2.45. The topological polar surface area (TPSA) is 75.3 Å². The summed E-state index contributed by atoms with van der Waals surface area (Å²) in [6, 6.07) is 13.0. The van der Waals surface area contributed by atoms with Gasteiger partial charge in [0.1, 0.15) is 5.76 Å². The number of esters is 1. The third-order valence-corrected chi connectivity index (χ3v) is 6.36. The highest BCUT2D eigenvalue weighted by molar-refractivity contribution is 8.16. The van der Waals surface area contributed by atoms with Crippen molar-refractivity contribution in [1.29, 1.82) is 0 Å². The Bertz CT molecular complexity index is 1090. The van der Waals surface area contributed by atoms with E-state index in [0.717, 1.165) is 22.2 Å². The number of nitrogens with zero attached hydrogens (tertiary/aromatic N) is 3. The number of carbonyl (C=O) groups excluding carboxylic acids is 2. The van der Waals surface area contributed by atoms with E-state index in [1.165, 1.54) is 18.9 Å². The monoisotopic (exact) mass is 451 g/mol. The minimum absolute atomic E-state index is 0.0498. The van der Waals surface area contributed by atoms with Gasteiger partial charge in [-0.1, -0.05) is 49.0 Å². The van der Waals surface area contributed by atoms with Gasteiger partial charge in [0, 0.05) is 12.7 Å². The Hall–Kier alpha value is -3.26. The standard InChI is InChI=1S/C24H25N3O4S/c1-4-19-21(23(29)30-3)22(16-9-6-5-7-10-16)27-17(15-32-24(27)25-19)13-20(28)26(2)14-18-11-8-12-31-18/h5-12,15,22H,4,13-14H2,1-3H3. The molecule has 0 N–H and O–H groups in total. The smallest absolute Gasteiger partial charge is 0.338 e. The number of benzene rings is 1. The average Bonchev–Trinajstić information content (AvgIpc) is 3.47. The number of fused-ring (bicyclic) bond motifs is 1. The number of hydrogen-bond acceptors (Lipinski definition) is 7. The summed E-state index contributed by atoms with van der Waals surface area (Å²) in [6.45, 7) is 2.36. The van der Waals surface area contributed by atoms with E-state index in [9.17, 15) is 9.59 Å². The SMILES string of the molecule is CCC1=C(C(=O)OC)C(c2ccccc2)N2C(CC(=O)N(C)Cc3ccco3)=CSC2=N1. The molecule has 0 fully saturated rings. The molecule has 1 atom stereocenters. The first-order valence-corrected chi connectivity index (χ1v) is 11.3. The summed E-state index contributed by atoms with van der Waals surface area (Å²) in [4.78, 5) is 34.2. The van der Waals surface area contributed by atoms with Crippen molar-refractivity contribution in [3.8, 4) is 0 Å². The van der Waals surface area contributed by atoms with Crippen molar-refractivity contribution in [2.45, 2.75) is 32.4 Å². The summed E-state index contributed by atoms with van der Waals surface area (Å²) in [5.41, 5.74) is 2.96. The number of amidine groups is 1. The van der Waals surface area contributed by atoms with E-state index in [-0.39, 0.29) is 12.3 Å². The van der Waals surface area contributed by atoms with Crippen LogP contribution in [0.4, 0.5) is 0 Å². The van der Waals surface area contributed by atoms with Crippen LogP contribution < -0.4 is 0 Å². The molecule has 7 nitrogen and oxygen atoms in total. The van der Waals surface area contributed by atoms with Gasteiger partial charge in [-0.2, -0.15) is 0 Å². The Morgan fingerprint density at radius 2 is 2.00 bits per heavy atom. The lowest BCUT2D eigenvalue weighted by Gasteiger charge is -2.36. The fourth-order valence-electron chi connectivity index (χ4n) is 3.88. The number of aliphatic imine (C=N–C) groups is 1. The zero-order valence-electron chi connectivity index (χ0n) is 18.3. The fourth-order valence-corrected chi connectivity index (χ4v) is 4.81. The lowest BCUT2D eigenvalue weighted by molar-refractivity contribution is -0.136. The minimum Gasteiger partial charge on any atom is -0.467 e. The third kappa shape index (κ3) is 4.23. The third-order valence-electron chi connectivity index (χ3n) is 5.48. The maximum Gasteiger partial charge on any atom is 0.338 e. The number of allylic oxidation sites excluding steroid dienone is 1. The molecule has 0 spiro atoms. The molecule has 2 aliphatic heterocycles. The van der Waals surface area contributed by atoms with E-state index < -0.39 is 12.0 Å². The Morgan fingerprint density at radius 1 is 1.22 bits per heavy atom. The van der Waals surface area contributed by atoms with Crippen molar-refractivity contribution in [3.05, 3.63) is 82.4 Å². The molecule has 1 aromatic heterocycles. The van der Waals surface area contributed by atoms with Gasteiger partial charge in [0.05, 0.1) is 43.7 Å². The van der Waals surface area contributed by atoms with E-state index in [1.54, 1.807) is 24.3 Å². The van der Waals surface area contributed by atoms with Crippen LogP contribution in [0.2, 0.25) is 0 Å². The first kappa shape index (κ1) is 22.0. The summed E-state index contributed by atoms with van der Waals surface area (Å²) >= 11 is 1.47. The molecule has 0 bridgehead atoms. The molecule has 1 unspecified atom stereocenters. The number of ether oxygens (including phenoxy) is 1. The summed E-state index contributed by atoms with van der Waals surface area (Å²) in [5.74, 6) is 0.267. The van der Waals surface area contributed by atoms with Gasteiger partial charge in [0.15, 0.2) is 5.17 Å². The number of hydrogen-bond donors (Lipinski definition) is 0. The van der Waals surface area contributed by atoms with Crippen molar-refractivity contribution < 1.29 is 18.7 Å². The summed E-state index contributed by atoms with van der Waals surface area (Å²) < 4.78 is 10.5. The second-order valence-electron chi connectivity index (χ2n) is 7.52. The van der Waals surface area contributed by atoms with Crippen LogP contribution in [0.5, 0.6) is 0 Å². The maximum atomic E-state index is 13.0. The van der Waals surface area contributed by atoms with Crippen LogP contribution in [0.15, 0.2) is 80.5 Å². The molecule has 0 saturated carbocycles. The lowest BCUT2D eigenvalue weighted by Crippen LogP contribution is -2.38. The van der Waals surface area contributed by atoms with Gasteiger partial charge in [-0.25, -0.2) is 9.79 Å². The molecular weight excluding hydrogens is 426 g/mol. The van der Waals surface area contributed by atoms with Crippen LogP contribution in [-0.2, 0) is 20.9 Å². The molecule has 1 amide bonds. The molecule has 2 aromatic rings. The van der Waals surface area contributed by atoms with Gasteiger partial charge >= 0.3 is 5.97 Å². The van der Waals surface area contributed by atoms with Crippen LogP contribution in [0.3, 0.4) is 0 Å². The molecule has 8 heteroatoms. The predicted octanol–water partition coefficient (Wildman–Crippen LogP) is 4.47. The van der Waals surface area contributed by atoms with Gasteiger partial charge < -0.3 is 19.0 Å². The molecule has 0 saturated heterocycles. The van der Waals surface area contributed by atoms with Gasteiger partial charge in [-0.15, -0.1) is 0 Å². The van der Waals surface area contributed by atoms with Crippen LogP contribution in [-0.4, -0.2) is 41.0 Å². The zero-order chi connectivity index (χ0) is 22.7. The van der Waals surface area contributed by atoms with E-state index in [4.69, 9.17) is 14.1 Å². The number of thioether (sulfide) groups is 1. The molecular formula is C24H25N3O4S. The second-order valence-corrected chi connectivity index (χ2v) is 8.35. The lowest BCUT2D eigenvalue weighted by atomic mass is 9.93. The molecule has 0 radical (unpaired) electrons. The highest BCUT2D eigenvalue weighted by atomic mass is 32.2. The molecule has 1 aromatic carbocycles. The van der Waals surface area contributed by atoms with Crippen LogP contribution in [0, 0.1) is 0 Å². The number of carbonyl (C=O) groups is 2. The van der Waals surface area contributed by atoms with Gasteiger partial charge in [0.25, 0.3) is 0 Å². The number of amides is 1. The Kier molecular flexibility index (Phi) is 6.50. The summed E-state index contributed by atoms with van der Waals surface area (Å²) in [5, 5.41) is 2.71. The fraction of sp³-hybridized carbons (Fsp3) is 0.292. The number of rotatable bonds is 7. The molecule has 32 heavy (non-hydrogen) atoms. The second kappa shape index (κ2) is 9.48. The first-order chi connectivity index (χ1) is 15.5. The Labute approximate surface area is 191 Å². The molecule has 166 valence electrons. The number of furan rings is 1. The zero-order valence-corrected chi connectivity index (χ0v) is 19.1. The number of methoxy groups -OCH3 is 1. The van der Waals surface area contributed by atoms with Crippen LogP contribution in [0.25, 0.3) is 0 Å². The largest absolute Gasteiger partial charge is 0.467 e.